The number of para-hydroxylation sites is 1. The van der Waals surface area contributed by atoms with E-state index in [2.05, 4.69) is 9.88 Å². The Bertz CT molecular complexity index is 932. The van der Waals surface area contributed by atoms with Gasteiger partial charge in [0.15, 0.2) is 0 Å². The van der Waals surface area contributed by atoms with E-state index in [0.29, 0.717) is 44.2 Å². The number of piperazine rings is 1. The zero-order valence-corrected chi connectivity index (χ0v) is 15.7. The molecule has 0 atom stereocenters. The molecule has 0 radical (unpaired) electrons. The molecule has 4 rings (SSSR count). The van der Waals surface area contributed by atoms with Crippen LogP contribution in [0.3, 0.4) is 0 Å². The van der Waals surface area contributed by atoms with Gasteiger partial charge in [-0.05, 0) is 24.1 Å². The van der Waals surface area contributed by atoms with Crippen LogP contribution in [0.4, 0.5) is 10.3 Å². The average Bonchev–Trinajstić information content (AvgIpc) is 3.23. The van der Waals surface area contributed by atoms with Crippen molar-refractivity contribution in [3.05, 3.63) is 78.4 Å². The first-order chi connectivity index (χ1) is 13.7. The van der Waals surface area contributed by atoms with E-state index in [0.717, 1.165) is 6.42 Å². The van der Waals surface area contributed by atoms with E-state index in [9.17, 15) is 9.18 Å². The Kier molecular flexibility index (Phi) is 5.37. The summed E-state index contributed by atoms with van der Waals surface area (Å²) in [7, 11) is 0. The third-order valence-corrected chi connectivity index (χ3v) is 5.12. The van der Waals surface area contributed by atoms with E-state index in [1.54, 1.807) is 29.1 Å². The third kappa shape index (κ3) is 3.91. The topological polar surface area (TPSA) is 41.4 Å². The predicted molar refractivity (Wildman–Crippen MR) is 107 cm³/mol. The van der Waals surface area contributed by atoms with E-state index in [1.807, 2.05) is 41.3 Å². The molecule has 0 unspecified atom stereocenters. The van der Waals surface area contributed by atoms with E-state index < -0.39 is 0 Å². The maximum Gasteiger partial charge on any atom is 0.223 e. The molecule has 0 N–H and O–H groups in total. The molecule has 1 saturated heterocycles. The van der Waals surface area contributed by atoms with Crippen molar-refractivity contribution < 1.29 is 9.18 Å². The van der Waals surface area contributed by atoms with Gasteiger partial charge in [0, 0.05) is 45.0 Å². The van der Waals surface area contributed by atoms with Crippen molar-refractivity contribution in [2.45, 2.75) is 12.8 Å². The van der Waals surface area contributed by atoms with Crippen molar-refractivity contribution in [1.82, 2.24) is 14.5 Å². The van der Waals surface area contributed by atoms with Gasteiger partial charge in [-0.3, -0.25) is 9.36 Å². The number of rotatable bonds is 5. The lowest BCUT2D eigenvalue weighted by atomic mass is 10.1. The first-order valence-electron chi connectivity index (χ1n) is 9.57. The number of benzene rings is 2. The molecular weight excluding hydrogens is 355 g/mol. The molecule has 6 heteroatoms. The van der Waals surface area contributed by atoms with Crippen molar-refractivity contribution in [3.8, 4) is 5.69 Å². The fraction of sp³-hybridized carbons (Fsp3) is 0.273. The number of carbonyl (C=O) groups excluding carboxylic acids is 1. The Morgan fingerprint density at radius 3 is 2.43 bits per heavy atom. The van der Waals surface area contributed by atoms with Gasteiger partial charge in [0.2, 0.25) is 11.9 Å². The van der Waals surface area contributed by atoms with Gasteiger partial charge in [-0.15, -0.1) is 0 Å². The quantitative estimate of drug-likeness (QED) is 0.684. The smallest absolute Gasteiger partial charge is 0.223 e. The van der Waals surface area contributed by atoms with Gasteiger partial charge in [-0.25, -0.2) is 9.37 Å². The number of carbonyl (C=O) groups is 1. The summed E-state index contributed by atoms with van der Waals surface area (Å²) in [6.07, 6.45) is 4.73. The highest BCUT2D eigenvalue weighted by atomic mass is 19.1. The first kappa shape index (κ1) is 18.2. The summed E-state index contributed by atoms with van der Waals surface area (Å²) >= 11 is 0. The van der Waals surface area contributed by atoms with Gasteiger partial charge >= 0.3 is 0 Å². The molecular formula is C22H23FN4O. The summed E-state index contributed by atoms with van der Waals surface area (Å²) < 4.78 is 15.9. The van der Waals surface area contributed by atoms with Crippen molar-refractivity contribution in [1.29, 1.82) is 0 Å². The van der Waals surface area contributed by atoms with Crippen LogP contribution >= 0.6 is 0 Å². The van der Waals surface area contributed by atoms with Gasteiger partial charge in [0.1, 0.15) is 5.82 Å². The number of halogens is 1. The molecule has 1 amide bonds. The molecule has 1 aliphatic heterocycles. The molecule has 144 valence electrons. The monoisotopic (exact) mass is 378 g/mol. The number of hydrogen-bond donors (Lipinski definition) is 0. The Hall–Kier alpha value is -3.15. The number of amides is 1. The second-order valence-electron chi connectivity index (χ2n) is 6.90. The zero-order valence-electron chi connectivity index (χ0n) is 15.7. The Morgan fingerprint density at radius 2 is 1.68 bits per heavy atom. The molecule has 0 spiro atoms. The molecule has 28 heavy (non-hydrogen) atoms. The van der Waals surface area contributed by atoms with Crippen molar-refractivity contribution in [2.24, 2.45) is 0 Å². The van der Waals surface area contributed by atoms with Gasteiger partial charge in [-0.1, -0.05) is 42.5 Å². The molecule has 3 aromatic rings. The summed E-state index contributed by atoms with van der Waals surface area (Å²) in [6, 6.07) is 16.7. The highest BCUT2D eigenvalue weighted by molar-refractivity contribution is 5.76. The van der Waals surface area contributed by atoms with Crippen LogP contribution < -0.4 is 4.90 Å². The van der Waals surface area contributed by atoms with Gasteiger partial charge in [-0.2, -0.15) is 0 Å². The molecule has 1 aliphatic rings. The fourth-order valence-electron chi connectivity index (χ4n) is 3.57. The minimum Gasteiger partial charge on any atom is -0.339 e. The minimum atomic E-state index is -0.281. The SMILES string of the molecule is O=C(CCc1ccccc1)N1CCN(c2nccn2-c2ccccc2F)CC1. The van der Waals surface area contributed by atoms with E-state index >= 15 is 0 Å². The molecule has 1 aromatic heterocycles. The highest BCUT2D eigenvalue weighted by Gasteiger charge is 2.24. The summed E-state index contributed by atoms with van der Waals surface area (Å²) in [5.41, 5.74) is 1.66. The normalized spacial score (nSPS) is 14.3. The van der Waals surface area contributed by atoms with Crippen molar-refractivity contribution >= 4 is 11.9 Å². The highest BCUT2D eigenvalue weighted by Crippen LogP contribution is 2.22. The summed E-state index contributed by atoms with van der Waals surface area (Å²) in [4.78, 5) is 21.0. The number of aryl methyl sites for hydroxylation is 1. The van der Waals surface area contributed by atoms with Crippen LogP contribution in [0.2, 0.25) is 0 Å². The van der Waals surface area contributed by atoms with Crippen LogP contribution in [0.1, 0.15) is 12.0 Å². The minimum absolute atomic E-state index is 0.181. The van der Waals surface area contributed by atoms with Crippen LogP contribution in [-0.2, 0) is 11.2 Å². The van der Waals surface area contributed by atoms with Gasteiger partial charge in [0.25, 0.3) is 0 Å². The largest absolute Gasteiger partial charge is 0.339 e. The molecule has 5 nitrogen and oxygen atoms in total. The molecule has 1 fully saturated rings. The third-order valence-electron chi connectivity index (χ3n) is 5.12. The summed E-state index contributed by atoms with van der Waals surface area (Å²) in [5, 5.41) is 0. The second-order valence-corrected chi connectivity index (χ2v) is 6.90. The van der Waals surface area contributed by atoms with Crippen molar-refractivity contribution in [3.63, 3.8) is 0 Å². The molecule has 0 saturated carbocycles. The lowest BCUT2D eigenvalue weighted by Crippen LogP contribution is -2.49. The van der Waals surface area contributed by atoms with Crippen LogP contribution in [0, 0.1) is 5.82 Å². The second kappa shape index (κ2) is 8.25. The van der Waals surface area contributed by atoms with Crippen molar-refractivity contribution in [2.75, 3.05) is 31.1 Å². The number of aromatic nitrogens is 2. The fourth-order valence-corrected chi connectivity index (χ4v) is 3.57. The van der Waals surface area contributed by atoms with Gasteiger partial charge < -0.3 is 9.80 Å². The molecule has 2 aromatic carbocycles. The number of hydrogen-bond acceptors (Lipinski definition) is 3. The van der Waals surface area contributed by atoms with E-state index in [4.69, 9.17) is 0 Å². The van der Waals surface area contributed by atoms with E-state index in [-0.39, 0.29) is 11.7 Å². The molecule has 0 aliphatic carbocycles. The van der Waals surface area contributed by atoms with Crippen LogP contribution in [0.25, 0.3) is 5.69 Å². The maximum atomic E-state index is 14.2. The van der Waals surface area contributed by atoms with Crippen LogP contribution in [0.15, 0.2) is 67.0 Å². The maximum absolute atomic E-state index is 14.2. The van der Waals surface area contributed by atoms with Gasteiger partial charge in [0.05, 0.1) is 5.69 Å². The predicted octanol–water partition coefficient (Wildman–Crippen LogP) is 3.29. The summed E-state index contributed by atoms with van der Waals surface area (Å²) in [6.45, 7) is 2.67. The summed E-state index contributed by atoms with van der Waals surface area (Å²) in [5.74, 6) is 0.610. The average molecular weight is 378 g/mol. The Balaban J connectivity index is 1.37. The number of nitrogens with zero attached hydrogens (tertiary/aromatic N) is 4. The van der Waals surface area contributed by atoms with Crippen LogP contribution in [0.5, 0.6) is 0 Å². The zero-order chi connectivity index (χ0) is 19.3. The molecule has 2 heterocycles. The first-order valence-corrected chi connectivity index (χ1v) is 9.57. The van der Waals surface area contributed by atoms with E-state index in [1.165, 1.54) is 11.6 Å². The lowest BCUT2D eigenvalue weighted by Gasteiger charge is -2.35. The Morgan fingerprint density at radius 1 is 0.964 bits per heavy atom. The number of anilines is 1. The lowest BCUT2D eigenvalue weighted by molar-refractivity contribution is -0.131. The molecule has 0 bridgehead atoms. The standard InChI is InChI=1S/C22H23FN4O/c23-19-8-4-5-9-20(19)27-13-12-24-22(27)26-16-14-25(15-17-26)21(28)11-10-18-6-2-1-3-7-18/h1-9,12-13H,10-11,14-17H2. The van der Waals surface area contributed by atoms with Crippen LogP contribution in [-0.4, -0.2) is 46.5 Å². The number of imidazole rings is 1. The Labute approximate surface area is 164 Å².